The molecule has 3 rings (SSSR count). The molecule has 0 bridgehead atoms. The Bertz CT molecular complexity index is 567. The Balaban J connectivity index is 1.91. The lowest BCUT2D eigenvalue weighted by Gasteiger charge is -2.37. The molecule has 2 saturated carbocycles. The lowest BCUT2D eigenvalue weighted by Crippen LogP contribution is -2.38. The topological polar surface area (TPSA) is 37.3 Å². The molecule has 2 nitrogen and oxygen atoms in total. The predicted molar refractivity (Wildman–Crippen MR) is 93.8 cm³/mol. The van der Waals surface area contributed by atoms with Gasteiger partial charge in [-0.15, -0.1) is 0 Å². The van der Waals surface area contributed by atoms with Crippen molar-refractivity contribution in [3.05, 3.63) is 35.4 Å². The molecule has 1 unspecified atom stereocenters. The summed E-state index contributed by atoms with van der Waals surface area (Å²) in [6.45, 7) is 4.73. The van der Waals surface area contributed by atoms with Crippen molar-refractivity contribution in [3.8, 4) is 0 Å². The van der Waals surface area contributed by atoms with Crippen LogP contribution in [0.5, 0.6) is 0 Å². The highest BCUT2D eigenvalue weighted by atomic mass is 16.4. The molecule has 0 heterocycles. The van der Waals surface area contributed by atoms with Crippen LogP contribution >= 0.6 is 0 Å². The summed E-state index contributed by atoms with van der Waals surface area (Å²) in [6.07, 6.45) is 9.88. The van der Waals surface area contributed by atoms with Crippen LogP contribution in [0, 0.1) is 5.41 Å². The van der Waals surface area contributed by atoms with Crippen LogP contribution < -0.4 is 0 Å². The zero-order valence-corrected chi connectivity index (χ0v) is 14.6. The zero-order valence-electron chi connectivity index (χ0n) is 14.6. The Morgan fingerprint density at radius 2 is 1.83 bits per heavy atom. The number of benzene rings is 1. The normalized spacial score (nSPS) is 26.6. The Labute approximate surface area is 140 Å². The molecule has 0 aliphatic heterocycles. The largest absolute Gasteiger partial charge is 0.481 e. The lowest BCUT2D eigenvalue weighted by atomic mass is 9.67. The van der Waals surface area contributed by atoms with Crippen LogP contribution in [0.2, 0.25) is 0 Å². The van der Waals surface area contributed by atoms with E-state index in [1.165, 1.54) is 37.7 Å². The van der Waals surface area contributed by atoms with Crippen molar-refractivity contribution in [2.45, 2.75) is 83.0 Å². The van der Waals surface area contributed by atoms with Crippen LogP contribution in [0.15, 0.2) is 24.3 Å². The molecule has 0 radical (unpaired) electrons. The molecule has 0 amide bonds. The van der Waals surface area contributed by atoms with Gasteiger partial charge in [0.05, 0.1) is 5.41 Å². The van der Waals surface area contributed by atoms with Crippen molar-refractivity contribution in [2.75, 3.05) is 0 Å². The smallest absolute Gasteiger partial charge is 0.314 e. The van der Waals surface area contributed by atoms with Crippen LogP contribution in [0.1, 0.15) is 88.7 Å². The van der Waals surface area contributed by atoms with Gasteiger partial charge in [0, 0.05) is 0 Å². The molecule has 126 valence electrons. The SMILES string of the molecule is CC1(C)CCCC(c2cccc(C3(C(=O)O)CCCCC3)c2)C1. The molecule has 1 aromatic rings. The molecule has 2 fully saturated rings. The molecule has 0 aromatic heterocycles. The Hall–Kier alpha value is -1.31. The second-order valence-corrected chi connectivity index (χ2v) is 8.53. The summed E-state index contributed by atoms with van der Waals surface area (Å²) >= 11 is 0. The summed E-state index contributed by atoms with van der Waals surface area (Å²) < 4.78 is 0. The van der Waals surface area contributed by atoms with E-state index in [0.717, 1.165) is 31.2 Å². The second-order valence-electron chi connectivity index (χ2n) is 8.53. The summed E-state index contributed by atoms with van der Waals surface area (Å²) in [5.41, 5.74) is 2.18. The van der Waals surface area contributed by atoms with Crippen LogP contribution in [0.3, 0.4) is 0 Å². The van der Waals surface area contributed by atoms with Gasteiger partial charge in [0.15, 0.2) is 0 Å². The highest BCUT2D eigenvalue weighted by Gasteiger charge is 2.41. The number of carboxylic acids is 1. The average molecular weight is 314 g/mol. The van der Waals surface area contributed by atoms with Gasteiger partial charge < -0.3 is 5.11 Å². The number of aliphatic carboxylic acids is 1. The molecule has 0 saturated heterocycles. The first-order valence-corrected chi connectivity index (χ1v) is 9.27. The second kappa shape index (κ2) is 6.30. The van der Waals surface area contributed by atoms with Crippen molar-refractivity contribution in [1.29, 1.82) is 0 Å². The fourth-order valence-electron chi connectivity index (χ4n) is 4.85. The van der Waals surface area contributed by atoms with Crippen LogP contribution in [-0.4, -0.2) is 11.1 Å². The first-order valence-electron chi connectivity index (χ1n) is 9.27. The first-order chi connectivity index (χ1) is 10.9. The third kappa shape index (κ3) is 3.32. The molecule has 1 N–H and O–H groups in total. The van der Waals surface area contributed by atoms with Gasteiger partial charge >= 0.3 is 5.97 Å². The van der Waals surface area contributed by atoms with Gasteiger partial charge in [0.2, 0.25) is 0 Å². The van der Waals surface area contributed by atoms with Crippen molar-refractivity contribution < 1.29 is 9.90 Å². The molecule has 2 aliphatic carbocycles. The summed E-state index contributed by atoms with van der Waals surface area (Å²) in [5, 5.41) is 9.93. The lowest BCUT2D eigenvalue weighted by molar-refractivity contribution is -0.145. The summed E-state index contributed by atoms with van der Waals surface area (Å²) in [6, 6.07) is 8.59. The molecule has 0 spiro atoms. The molecule has 2 heteroatoms. The maximum absolute atomic E-state index is 12.1. The molecule has 23 heavy (non-hydrogen) atoms. The maximum Gasteiger partial charge on any atom is 0.314 e. The number of hydrogen-bond acceptors (Lipinski definition) is 1. The summed E-state index contributed by atoms with van der Waals surface area (Å²) in [4.78, 5) is 12.1. The fourth-order valence-corrected chi connectivity index (χ4v) is 4.85. The molecule has 1 aromatic carbocycles. The zero-order chi connectivity index (χ0) is 16.5. The van der Waals surface area contributed by atoms with Crippen molar-refractivity contribution in [3.63, 3.8) is 0 Å². The Kier molecular flexibility index (Phi) is 4.53. The van der Waals surface area contributed by atoms with E-state index in [1.54, 1.807) is 0 Å². The van der Waals surface area contributed by atoms with Crippen molar-refractivity contribution in [2.24, 2.45) is 5.41 Å². The average Bonchev–Trinajstić information content (AvgIpc) is 2.54. The predicted octanol–water partition coefficient (Wildman–Crippen LogP) is 5.66. The minimum absolute atomic E-state index is 0.411. The van der Waals surface area contributed by atoms with Crippen LogP contribution in [-0.2, 0) is 10.2 Å². The molecular formula is C21H30O2. The van der Waals surface area contributed by atoms with Gasteiger partial charge in [-0.3, -0.25) is 4.79 Å². The Morgan fingerprint density at radius 1 is 1.09 bits per heavy atom. The first kappa shape index (κ1) is 16.5. The van der Waals surface area contributed by atoms with E-state index in [-0.39, 0.29) is 0 Å². The van der Waals surface area contributed by atoms with Crippen molar-refractivity contribution in [1.82, 2.24) is 0 Å². The van der Waals surface area contributed by atoms with E-state index in [0.29, 0.717) is 11.3 Å². The molecule has 1 atom stereocenters. The van der Waals surface area contributed by atoms with E-state index in [9.17, 15) is 9.90 Å². The summed E-state index contributed by atoms with van der Waals surface area (Å²) in [7, 11) is 0. The number of hydrogen-bond donors (Lipinski definition) is 1. The third-order valence-electron chi connectivity index (χ3n) is 6.23. The number of rotatable bonds is 3. The van der Waals surface area contributed by atoms with Gasteiger partial charge in [-0.1, -0.05) is 63.8 Å². The minimum Gasteiger partial charge on any atom is -0.481 e. The Morgan fingerprint density at radius 3 is 2.48 bits per heavy atom. The van der Waals surface area contributed by atoms with Gasteiger partial charge in [-0.2, -0.15) is 0 Å². The highest BCUT2D eigenvalue weighted by molar-refractivity contribution is 5.81. The molecular weight excluding hydrogens is 284 g/mol. The molecule has 2 aliphatic rings. The van der Waals surface area contributed by atoms with Crippen LogP contribution in [0.25, 0.3) is 0 Å². The summed E-state index contributed by atoms with van der Waals surface area (Å²) in [5.74, 6) is -0.0357. The van der Waals surface area contributed by atoms with Gasteiger partial charge in [-0.25, -0.2) is 0 Å². The quantitative estimate of drug-likeness (QED) is 0.782. The van der Waals surface area contributed by atoms with Crippen LogP contribution in [0.4, 0.5) is 0 Å². The van der Waals surface area contributed by atoms with E-state index < -0.39 is 11.4 Å². The maximum atomic E-state index is 12.1. The van der Waals surface area contributed by atoms with E-state index in [1.807, 2.05) is 0 Å². The van der Waals surface area contributed by atoms with E-state index in [2.05, 4.69) is 38.1 Å². The minimum atomic E-state index is -0.640. The van der Waals surface area contributed by atoms with E-state index in [4.69, 9.17) is 0 Å². The van der Waals surface area contributed by atoms with Crippen molar-refractivity contribution >= 4 is 5.97 Å². The number of carbonyl (C=O) groups is 1. The van der Waals surface area contributed by atoms with Gasteiger partial charge in [0.25, 0.3) is 0 Å². The van der Waals surface area contributed by atoms with E-state index >= 15 is 0 Å². The monoisotopic (exact) mass is 314 g/mol. The van der Waals surface area contributed by atoms with Gasteiger partial charge in [0.1, 0.15) is 0 Å². The number of carboxylic acid groups (broad SMARTS) is 1. The third-order valence-corrected chi connectivity index (χ3v) is 6.23. The van der Waals surface area contributed by atoms with Gasteiger partial charge in [-0.05, 0) is 54.6 Å². The standard InChI is InChI=1S/C21H30O2/c1-20(2)11-7-9-17(15-20)16-8-6-10-18(14-16)21(19(22)23)12-4-3-5-13-21/h6,8,10,14,17H,3-5,7,9,11-13,15H2,1-2H3,(H,22,23). The highest BCUT2D eigenvalue weighted by Crippen LogP contribution is 2.45. The fraction of sp³-hybridized carbons (Fsp3) is 0.667.